The lowest BCUT2D eigenvalue weighted by molar-refractivity contribution is 0.0945. The minimum Gasteiger partial charge on any atom is -0.486 e. The molecule has 0 fully saturated rings. The summed E-state index contributed by atoms with van der Waals surface area (Å²) in [4.78, 5) is 21.8. The van der Waals surface area contributed by atoms with E-state index in [1.165, 1.54) is 0 Å². The molecule has 0 atom stereocenters. The maximum absolute atomic E-state index is 12.9. The minimum atomic E-state index is -0.247. The van der Waals surface area contributed by atoms with Gasteiger partial charge in [-0.2, -0.15) is 0 Å². The van der Waals surface area contributed by atoms with E-state index in [9.17, 15) is 4.79 Å². The molecule has 0 aliphatic carbocycles. The van der Waals surface area contributed by atoms with Crippen LogP contribution < -0.4 is 14.8 Å². The van der Waals surface area contributed by atoms with Gasteiger partial charge in [-0.25, -0.2) is 9.97 Å². The monoisotopic (exact) mass is 446 g/mol. The number of nitrogens with zero attached hydrogens (tertiary/aromatic N) is 3. The number of benzene rings is 1. The number of imidazole rings is 1. The van der Waals surface area contributed by atoms with Crippen LogP contribution in [0.2, 0.25) is 0 Å². The van der Waals surface area contributed by atoms with E-state index in [4.69, 9.17) is 14.2 Å². The maximum atomic E-state index is 12.9. The maximum Gasteiger partial charge on any atom is 0.255 e. The van der Waals surface area contributed by atoms with Gasteiger partial charge in [0.2, 0.25) is 5.88 Å². The lowest BCUT2D eigenvalue weighted by atomic mass is 10.2. The topological polar surface area (TPSA) is 87.0 Å². The summed E-state index contributed by atoms with van der Waals surface area (Å²) in [5, 5.41) is 2.92. The van der Waals surface area contributed by atoms with Crippen molar-refractivity contribution in [3.05, 3.63) is 89.5 Å². The van der Waals surface area contributed by atoms with E-state index in [2.05, 4.69) is 15.3 Å². The molecule has 0 unspecified atom stereocenters. The molecule has 3 aromatic heterocycles. The van der Waals surface area contributed by atoms with Crippen LogP contribution in [-0.2, 0) is 17.9 Å². The van der Waals surface area contributed by atoms with Gasteiger partial charge in [-0.3, -0.25) is 4.79 Å². The molecular weight excluding hydrogens is 420 g/mol. The molecule has 0 saturated carbocycles. The zero-order valence-electron chi connectivity index (χ0n) is 18.7. The molecular formula is C25H26N4O4. The second-order valence-electron chi connectivity index (χ2n) is 7.43. The zero-order chi connectivity index (χ0) is 23.0. The van der Waals surface area contributed by atoms with E-state index in [0.717, 1.165) is 22.5 Å². The van der Waals surface area contributed by atoms with Gasteiger partial charge < -0.3 is 23.9 Å². The molecule has 0 radical (unpaired) electrons. The fraction of sp³-hybridized carbons (Fsp3) is 0.240. The fourth-order valence-electron chi connectivity index (χ4n) is 3.39. The summed E-state index contributed by atoms with van der Waals surface area (Å²) >= 11 is 0. The minimum absolute atomic E-state index is 0.247. The second-order valence-corrected chi connectivity index (χ2v) is 7.43. The number of carbonyl (C=O) groups is 1. The number of methoxy groups -OCH3 is 1. The molecule has 0 saturated heterocycles. The molecule has 33 heavy (non-hydrogen) atoms. The number of hydrogen-bond donors (Lipinski definition) is 1. The first-order valence-corrected chi connectivity index (χ1v) is 10.6. The molecule has 1 aromatic carbocycles. The number of carbonyl (C=O) groups excluding carboxylic acids is 1. The van der Waals surface area contributed by atoms with Crippen LogP contribution in [0.25, 0.3) is 5.65 Å². The molecule has 8 nitrogen and oxygen atoms in total. The van der Waals surface area contributed by atoms with Crippen molar-refractivity contribution in [1.82, 2.24) is 19.7 Å². The molecule has 4 rings (SSSR count). The normalized spacial score (nSPS) is 10.8. The van der Waals surface area contributed by atoms with E-state index in [-0.39, 0.29) is 19.1 Å². The van der Waals surface area contributed by atoms with Crippen LogP contribution >= 0.6 is 0 Å². The van der Waals surface area contributed by atoms with Crippen LogP contribution in [0.1, 0.15) is 27.2 Å². The van der Waals surface area contributed by atoms with Gasteiger partial charge in [-0.1, -0.05) is 24.3 Å². The van der Waals surface area contributed by atoms with Gasteiger partial charge in [0.15, 0.2) is 0 Å². The first-order valence-electron chi connectivity index (χ1n) is 10.6. The molecule has 4 aromatic rings. The molecule has 8 heteroatoms. The first kappa shape index (κ1) is 22.3. The van der Waals surface area contributed by atoms with Gasteiger partial charge in [0, 0.05) is 37.8 Å². The van der Waals surface area contributed by atoms with Crippen LogP contribution in [0.4, 0.5) is 0 Å². The van der Waals surface area contributed by atoms with E-state index < -0.39 is 0 Å². The second kappa shape index (κ2) is 10.6. The van der Waals surface area contributed by atoms with Crippen molar-refractivity contribution in [2.45, 2.75) is 20.1 Å². The Bertz CT molecular complexity index is 1240. The van der Waals surface area contributed by atoms with Crippen molar-refractivity contribution in [2.24, 2.45) is 0 Å². The smallest absolute Gasteiger partial charge is 0.255 e. The number of amides is 1. The van der Waals surface area contributed by atoms with Gasteiger partial charge in [-0.15, -0.1) is 0 Å². The molecule has 0 spiro atoms. The predicted molar refractivity (Wildman–Crippen MR) is 123 cm³/mol. The van der Waals surface area contributed by atoms with Crippen molar-refractivity contribution in [2.75, 3.05) is 20.3 Å². The Hall–Kier alpha value is -3.91. The summed E-state index contributed by atoms with van der Waals surface area (Å²) < 4.78 is 18.6. The van der Waals surface area contributed by atoms with E-state index in [1.807, 2.05) is 48.0 Å². The summed E-state index contributed by atoms with van der Waals surface area (Å²) in [5.74, 6) is 0.719. The lowest BCUT2D eigenvalue weighted by Gasteiger charge is -2.13. The number of ether oxygens (including phenoxy) is 3. The van der Waals surface area contributed by atoms with Gasteiger partial charge >= 0.3 is 0 Å². The third-order valence-electron chi connectivity index (χ3n) is 5.05. The van der Waals surface area contributed by atoms with Crippen LogP contribution in [0, 0.1) is 6.92 Å². The first-order chi connectivity index (χ1) is 16.2. The Morgan fingerprint density at radius 2 is 1.94 bits per heavy atom. The Kier molecular flexibility index (Phi) is 7.16. The number of aromatic nitrogens is 3. The summed E-state index contributed by atoms with van der Waals surface area (Å²) in [6.07, 6.45) is 5.53. The number of hydrogen-bond acceptors (Lipinski definition) is 6. The van der Waals surface area contributed by atoms with Gasteiger partial charge in [0.1, 0.15) is 24.6 Å². The van der Waals surface area contributed by atoms with Crippen LogP contribution in [0.15, 0.2) is 67.1 Å². The molecule has 170 valence electrons. The Morgan fingerprint density at radius 3 is 2.79 bits per heavy atom. The Labute approximate surface area is 192 Å². The van der Waals surface area contributed by atoms with Gasteiger partial charge in [-0.05, 0) is 36.8 Å². The van der Waals surface area contributed by atoms with E-state index in [1.54, 1.807) is 37.6 Å². The quantitative estimate of drug-likeness (QED) is 0.375. The van der Waals surface area contributed by atoms with E-state index >= 15 is 0 Å². The highest BCUT2D eigenvalue weighted by Crippen LogP contribution is 2.21. The number of fused-ring (bicyclic) bond motifs is 1. The van der Waals surface area contributed by atoms with Crippen LogP contribution in [-0.4, -0.2) is 40.6 Å². The average Bonchev–Trinajstić information content (AvgIpc) is 3.27. The van der Waals surface area contributed by atoms with Gasteiger partial charge in [0.05, 0.1) is 17.9 Å². The predicted octanol–water partition coefficient (Wildman–Crippen LogP) is 3.57. The third-order valence-corrected chi connectivity index (χ3v) is 5.05. The van der Waals surface area contributed by atoms with Gasteiger partial charge in [0.25, 0.3) is 5.91 Å². The molecule has 0 aliphatic heterocycles. The number of para-hydroxylation sites is 1. The SMILES string of the molecule is COCCOc1ncccc1CNC(=O)c1ccccc1OCc1cn2cccc(C)c2n1. The molecule has 1 amide bonds. The zero-order valence-corrected chi connectivity index (χ0v) is 18.7. The molecule has 0 aliphatic rings. The summed E-state index contributed by atoms with van der Waals surface area (Å²) in [7, 11) is 1.61. The van der Waals surface area contributed by atoms with Crippen molar-refractivity contribution in [3.8, 4) is 11.6 Å². The van der Waals surface area contributed by atoms with Crippen molar-refractivity contribution in [3.63, 3.8) is 0 Å². The molecule has 1 N–H and O–H groups in total. The summed E-state index contributed by atoms with van der Waals surface area (Å²) in [5.41, 5.74) is 3.99. The Morgan fingerprint density at radius 1 is 1.06 bits per heavy atom. The number of pyridine rings is 2. The molecule has 3 heterocycles. The Balaban J connectivity index is 1.42. The highest BCUT2D eigenvalue weighted by Gasteiger charge is 2.14. The van der Waals surface area contributed by atoms with Crippen LogP contribution in [0.3, 0.4) is 0 Å². The highest BCUT2D eigenvalue weighted by atomic mass is 16.5. The van der Waals surface area contributed by atoms with Crippen LogP contribution in [0.5, 0.6) is 11.6 Å². The fourth-order valence-corrected chi connectivity index (χ4v) is 3.39. The highest BCUT2D eigenvalue weighted by molar-refractivity contribution is 5.96. The summed E-state index contributed by atoms with van der Waals surface area (Å²) in [6, 6.07) is 14.8. The molecule has 0 bridgehead atoms. The largest absolute Gasteiger partial charge is 0.486 e. The summed E-state index contributed by atoms with van der Waals surface area (Å²) in [6.45, 7) is 3.39. The average molecular weight is 447 g/mol. The standard InChI is InChI=1S/C25H26N4O4/c1-18-7-6-12-29-16-20(28-23(18)29)17-33-22-10-4-3-9-21(22)24(30)27-15-19-8-5-11-26-25(19)32-14-13-31-2/h3-12,16H,13-15,17H2,1-2H3,(H,27,30). The number of rotatable bonds is 10. The van der Waals surface area contributed by atoms with Crippen molar-refractivity contribution in [1.29, 1.82) is 0 Å². The third kappa shape index (κ3) is 5.48. The number of nitrogens with one attached hydrogen (secondary N) is 1. The lowest BCUT2D eigenvalue weighted by Crippen LogP contribution is -2.24. The van der Waals surface area contributed by atoms with Crippen molar-refractivity contribution < 1.29 is 19.0 Å². The van der Waals surface area contributed by atoms with Crippen molar-refractivity contribution >= 4 is 11.6 Å². The number of aryl methyl sites for hydroxylation is 1. The van der Waals surface area contributed by atoms with E-state index in [0.29, 0.717) is 30.4 Å².